The third-order valence-electron chi connectivity index (χ3n) is 6.51. The zero-order chi connectivity index (χ0) is 22.6. The fourth-order valence-electron chi connectivity index (χ4n) is 4.90. The molecular formula is C31H17NO2. The van der Waals surface area contributed by atoms with Crippen molar-refractivity contribution in [1.29, 1.82) is 5.26 Å². The van der Waals surface area contributed by atoms with Crippen molar-refractivity contribution in [2.24, 2.45) is 0 Å². The van der Waals surface area contributed by atoms with Crippen molar-refractivity contribution >= 4 is 43.9 Å². The Morgan fingerprint density at radius 1 is 0.500 bits per heavy atom. The molecule has 2 aromatic heterocycles. The predicted octanol–water partition coefficient (Wildman–Crippen LogP) is 8.69. The smallest absolute Gasteiger partial charge is 0.147 e. The first-order valence-electron chi connectivity index (χ1n) is 11.2. The minimum Gasteiger partial charge on any atom is -0.455 e. The minimum absolute atomic E-state index is 0.651. The Balaban J connectivity index is 1.53. The molecule has 0 saturated carbocycles. The number of fused-ring (bicyclic) bond motifs is 6. The Hall–Kier alpha value is -4.81. The molecule has 2 heterocycles. The fourth-order valence-corrected chi connectivity index (χ4v) is 4.90. The van der Waals surface area contributed by atoms with E-state index in [4.69, 9.17) is 8.83 Å². The van der Waals surface area contributed by atoms with Crippen molar-refractivity contribution in [2.75, 3.05) is 0 Å². The molecule has 0 saturated heterocycles. The second-order valence-corrected chi connectivity index (χ2v) is 8.47. The number of furan rings is 2. The highest BCUT2D eigenvalue weighted by Crippen LogP contribution is 2.44. The molecule has 5 aromatic carbocycles. The van der Waals surface area contributed by atoms with Gasteiger partial charge in [0.25, 0.3) is 0 Å². The molecule has 158 valence electrons. The number of hydrogen-bond acceptors (Lipinski definition) is 3. The molecule has 0 atom stereocenters. The molecule has 0 aliphatic carbocycles. The lowest BCUT2D eigenvalue weighted by molar-refractivity contribution is 0.658. The molecular weight excluding hydrogens is 418 g/mol. The summed E-state index contributed by atoms with van der Waals surface area (Å²) in [6.07, 6.45) is 0. The standard InChI is InChI=1S/C31H17NO2/c32-18-19-6-5-7-22(16-19)20-12-14-21(15-13-20)29-30-25(23-8-1-3-10-27(23)33-30)17-26-24-9-2-4-11-28(24)34-31(26)29/h1-17H. The Morgan fingerprint density at radius 2 is 1.09 bits per heavy atom. The summed E-state index contributed by atoms with van der Waals surface area (Å²) in [6, 6.07) is 36.7. The molecule has 0 radical (unpaired) electrons. The van der Waals surface area contributed by atoms with E-state index in [1.54, 1.807) is 0 Å². The molecule has 0 bridgehead atoms. The van der Waals surface area contributed by atoms with E-state index in [1.807, 2.05) is 60.7 Å². The molecule has 7 rings (SSSR count). The summed E-state index contributed by atoms with van der Waals surface area (Å²) >= 11 is 0. The zero-order valence-corrected chi connectivity index (χ0v) is 18.1. The quantitative estimate of drug-likeness (QED) is 0.273. The highest BCUT2D eigenvalue weighted by molar-refractivity contribution is 6.21. The van der Waals surface area contributed by atoms with Gasteiger partial charge < -0.3 is 8.83 Å². The van der Waals surface area contributed by atoms with Crippen LogP contribution in [0.15, 0.2) is 112 Å². The van der Waals surface area contributed by atoms with E-state index in [0.29, 0.717) is 5.56 Å². The van der Waals surface area contributed by atoms with Gasteiger partial charge in [0.05, 0.1) is 17.2 Å². The van der Waals surface area contributed by atoms with E-state index < -0.39 is 0 Å². The summed E-state index contributed by atoms with van der Waals surface area (Å²) in [5.41, 5.74) is 8.07. The Kier molecular flexibility index (Phi) is 3.91. The normalized spacial score (nSPS) is 11.5. The van der Waals surface area contributed by atoms with Crippen LogP contribution in [-0.4, -0.2) is 0 Å². The van der Waals surface area contributed by atoms with Gasteiger partial charge in [-0.3, -0.25) is 0 Å². The molecule has 0 spiro atoms. The summed E-state index contributed by atoms with van der Waals surface area (Å²) in [7, 11) is 0. The molecule has 0 N–H and O–H groups in total. The number of hydrogen-bond donors (Lipinski definition) is 0. The molecule has 7 aromatic rings. The third-order valence-corrected chi connectivity index (χ3v) is 6.51. The van der Waals surface area contributed by atoms with Crippen LogP contribution in [0.2, 0.25) is 0 Å². The lowest BCUT2D eigenvalue weighted by Gasteiger charge is -2.07. The van der Waals surface area contributed by atoms with Crippen LogP contribution >= 0.6 is 0 Å². The van der Waals surface area contributed by atoms with Crippen molar-refractivity contribution in [3.63, 3.8) is 0 Å². The van der Waals surface area contributed by atoms with Gasteiger partial charge >= 0.3 is 0 Å². The van der Waals surface area contributed by atoms with Crippen LogP contribution in [0.1, 0.15) is 5.56 Å². The molecule has 34 heavy (non-hydrogen) atoms. The second kappa shape index (κ2) is 7.10. The highest BCUT2D eigenvalue weighted by atomic mass is 16.3. The summed E-state index contributed by atoms with van der Waals surface area (Å²) in [5.74, 6) is 0. The van der Waals surface area contributed by atoms with E-state index in [0.717, 1.165) is 66.1 Å². The SMILES string of the molecule is N#Cc1cccc(-c2ccc(-c3c4oc5ccccc5c4cc4c3oc3ccccc34)cc2)c1. The number of rotatable bonds is 2. The van der Waals surface area contributed by atoms with Crippen LogP contribution in [0.3, 0.4) is 0 Å². The van der Waals surface area contributed by atoms with E-state index in [2.05, 4.69) is 48.5 Å². The average molecular weight is 435 g/mol. The number of nitrogens with zero attached hydrogens (tertiary/aromatic N) is 1. The molecule has 3 nitrogen and oxygen atoms in total. The largest absolute Gasteiger partial charge is 0.455 e. The van der Waals surface area contributed by atoms with Gasteiger partial charge in [-0.15, -0.1) is 0 Å². The monoisotopic (exact) mass is 435 g/mol. The van der Waals surface area contributed by atoms with E-state index >= 15 is 0 Å². The Bertz CT molecular complexity index is 1830. The van der Waals surface area contributed by atoms with Crippen LogP contribution < -0.4 is 0 Å². The van der Waals surface area contributed by atoms with Gasteiger partial charge in [-0.25, -0.2) is 0 Å². The maximum Gasteiger partial charge on any atom is 0.147 e. The van der Waals surface area contributed by atoms with Gasteiger partial charge in [-0.1, -0.05) is 72.8 Å². The molecule has 0 fully saturated rings. The van der Waals surface area contributed by atoms with Crippen LogP contribution in [0.5, 0.6) is 0 Å². The molecule has 0 amide bonds. The summed E-state index contributed by atoms with van der Waals surface area (Å²) < 4.78 is 12.8. The first-order valence-corrected chi connectivity index (χ1v) is 11.2. The van der Waals surface area contributed by atoms with Gasteiger partial charge in [0.15, 0.2) is 0 Å². The number of benzene rings is 5. The van der Waals surface area contributed by atoms with Crippen LogP contribution in [0.4, 0.5) is 0 Å². The maximum atomic E-state index is 9.25. The Labute approximate surface area is 195 Å². The zero-order valence-electron chi connectivity index (χ0n) is 18.1. The topological polar surface area (TPSA) is 50.1 Å². The molecule has 0 unspecified atom stereocenters. The summed E-state index contributed by atoms with van der Waals surface area (Å²) in [6.45, 7) is 0. The van der Waals surface area contributed by atoms with Gasteiger partial charge in [0.1, 0.15) is 22.3 Å². The van der Waals surface area contributed by atoms with Crippen molar-refractivity contribution in [3.8, 4) is 28.3 Å². The first-order chi connectivity index (χ1) is 16.8. The summed E-state index contributed by atoms with van der Waals surface area (Å²) in [4.78, 5) is 0. The minimum atomic E-state index is 0.651. The van der Waals surface area contributed by atoms with E-state index in [1.165, 1.54) is 0 Å². The van der Waals surface area contributed by atoms with E-state index in [9.17, 15) is 5.26 Å². The lowest BCUT2D eigenvalue weighted by Crippen LogP contribution is -1.84. The lowest BCUT2D eigenvalue weighted by atomic mass is 9.96. The van der Waals surface area contributed by atoms with Crippen molar-refractivity contribution in [1.82, 2.24) is 0 Å². The van der Waals surface area contributed by atoms with Gasteiger partial charge in [0.2, 0.25) is 0 Å². The Morgan fingerprint density at radius 3 is 1.71 bits per heavy atom. The third kappa shape index (κ3) is 2.69. The van der Waals surface area contributed by atoms with Gasteiger partial charge in [-0.2, -0.15) is 5.26 Å². The highest BCUT2D eigenvalue weighted by Gasteiger charge is 2.20. The average Bonchev–Trinajstić information content (AvgIpc) is 3.45. The van der Waals surface area contributed by atoms with Crippen molar-refractivity contribution < 1.29 is 8.83 Å². The number of nitriles is 1. The number of para-hydroxylation sites is 2. The molecule has 0 aliphatic rings. The maximum absolute atomic E-state index is 9.25. The molecule has 0 aliphatic heterocycles. The van der Waals surface area contributed by atoms with E-state index in [-0.39, 0.29) is 0 Å². The van der Waals surface area contributed by atoms with Crippen LogP contribution in [0, 0.1) is 11.3 Å². The summed E-state index contributed by atoms with van der Waals surface area (Å²) in [5, 5.41) is 13.6. The van der Waals surface area contributed by atoms with Crippen molar-refractivity contribution in [3.05, 3.63) is 109 Å². The fraction of sp³-hybridized carbons (Fsp3) is 0. The van der Waals surface area contributed by atoms with Crippen molar-refractivity contribution in [2.45, 2.75) is 0 Å². The second-order valence-electron chi connectivity index (χ2n) is 8.47. The van der Waals surface area contributed by atoms with Crippen LogP contribution in [-0.2, 0) is 0 Å². The van der Waals surface area contributed by atoms with Crippen LogP contribution in [0.25, 0.3) is 66.1 Å². The van der Waals surface area contributed by atoms with Gasteiger partial charge in [-0.05, 0) is 47.0 Å². The van der Waals surface area contributed by atoms with Gasteiger partial charge in [0, 0.05) is 21.5 Å². The molecule has 3 heteroatoms. The first kappa shape index (κ1) is 18.7. The predicted molar refractivity (Wildman–Crippen MR) is 137 cm³/mol.